The molecule has 1 saturated carbocycles. The molecule has 2 atom stereocenters. The van der Waals surface area contributed by atoms with Crippen molar-refractivity contribution in [3.63, 3.8) is 0 Å². The number of rotatable bonds is 3. The van der Waals surface area contributed by atoms with Gasteiger partial charge in [0.1, 0.15) is 0 Å². The molecule has 0 spiro atoms. The van der Waals surface area contributed by atoms with Crippen molar-refractivity contribution >= 4 is 0 Å². The molecular formula is C15H29NO. The molecule has 0 bridgehead atoms. The second kappa shape index (κ2) is 5.71. The highest BCUT2D eigenvalue weighted by atomic mass is 16.5. The zero-order chi connectivity index (χ0) is 12.3. The van der Waals surface area contributed by atoms with Crippen LogP contribution < -0.4 is 5.32 Å². The van der Waals surface area contributed by atoms with Crippen LogP contribution in [0.3, 0.4) is 0 Å². The van der Waals surface area contributed by atoms with Crippen molar-refractivity contribution in [2.45, 2.75) is 58.4 Å². The van der Waals surface area contributed by atoms with Crippen LogP contribution in [0.1, 0.15) is 52.4 Å². The number of hydrogen-bond donors (Lipinski definition) is 1. The summed E-state index contributed by atoms with van der Waals surface area (Å²) < 4.78 is 5.51. The van der Waals surface area contributed by atoms with Crippen LogP contribution in [-0.4, -0.2) is 26.3 Å². The van der Waals surface area contributed by atoms with Gasteiger partial charge in [-0.05, 0) is 50.0 Å². The molecule has 2 nitrogen and oxygen atoms in total. The van der Waals surface area contributed by atoms with Crippen molar-refractivity contribution in [1.82, 2.24) is 5.32 Å². The first-order valence-electron chi connectivity index (χ1n) is 7.40. The van der Waals surface area contributed by atoms with Crippen LogP contribution in [0.15, 0.2) is 0 Å². The second-order valence-electron chi connectivity index (χ2n) is 6.61. The van der Waals surface area contributed by atoms with Crippen LogP contribution in [0.4, 0.5) is 0 Å². The number of ether oxygens (including phenoxy) is 1. The van der Waals surface area contributed by atoms with Crippen molar-refractivity contribution in [1.29, 1.82) is 0 Å². The Morgan fingerprint density at radius 2 is 1.82 bits per heavy atom. The molecule has 1 aliphatic heterocycles. The fourth-order valence-electron chi connectivity index (χ4n) is 4.03. The minimum atomic E-state index is 0.518. The third kappa shape index (κ3) is 3.03. The topological polar surface area (TPSA) is 21.3 Å². The van der Waals surface area contributed by atoms with Crippen LogP contribution in [0.25, 0.3) is 0 Å². The molecule has 0 aromatic carbocycles. The molecule has 1 saturated heterocycles. The molecule has 2 heteroatoms. The lowest BCUT2D eigenvalue weighted by molar-refractivity contribution is 0.0158. The van der Waals surface area contributed by atoms with Gasteiger partial charge < -0.3 is 10.1 Å². The predicted molar refractivity (Wildman–Crippen MR) is 72.1 cm³/mol. The summed E-state index contributed by atoms with van der Waals surface area (Å²) in [5.41, 5.74) is 0.518. The molecule has 1 aliphatic carbocycles. The Balaban J connectivity index is 2.04. The Kier molecular flexibility index (Phi) is 4.48. The van der Waals surface area contributed by atoms with Crippen molar-refractivity contribution in [2.24, 2.45) is 17.3 Å². The lowest BCUT2D eigenvalue weighted by Crippen LogP contribution is -2.48. The highest BCUT2D eigenvalue weighted by Crippen LogP contribution is 2.44. The van der Waals surface area contributed by atoms with E-state index in [4.69, 9.17) is 4.74 Å². The summed E-state index contributed by atoms with van der Waals surface area (Å²) in [5, 5.41) is 3.64. The van der Waals surface area contributed by atoms with Gasteiger partial charge in [0.25, 0.3) is 0 Å². The first-order chi connectivity index (χ1) is 8.15. The molecule has 0 radical (unpaired) electrons. The van der Waals surface area contributed by atoms with E-state index < -0.39 is 0 Å². The van der Waals surface area contributed by atoms with E-state index in [2.05, 4.69) is 26.2 Å². The molecule has 100 valence electrons. The van der Waals surface area contributed by atoms with Gasteiger partial charge in [0.2, 0.25) is 0 Å². The smallest absolute Gasteiger partial charge is 0.0469 e. The Bertz CT molecular complexity index is 233. The van der Waals surface area contributed by atoms with E-state index in [1.54, 1.807) is 0 Å². The molecule has 0 amide bonds. The quantitative estimate of drug-likeness (QED) is 0.816. The minimum Gasteiger partial charge on any atom is -0.381 e. The van der Waals surface area contributed by atoms with E-state index in [0.29, 0.717) is 11.5 Å². The van der Waals surface area contributed by atoms with Gasteiger partial charge in [-0.15, -0.1) is 0 Å². The normalized spacial score (nSPS) is 32.3. The highest BCUT2D eigenvalue weighted by molar-refractivity contribution is 4.93. The Labute approximate surface area is 107 Å². The van der Waals surface area contributed by atoms with Crippen LogP contribution in [0.5, 0.6) is 0 Å². The first-order valence-corrected chi connectivity index (χ1v) is 7.40. The van der Waals surface area contributed by atoms with E-state index in [0.717, 1.165) is 25.0 Å². The molecule has 2 rings (SSSR count). The summed E-state index contributed by atoms with van der Waals surface area (Å²) in [5.74, 6) is 1.68. The van der Waals surface area contributed by atoms with Crippen LogP contribution in [-0.2, 0) is 4.74 Å². The molecule has 1 N–H and O–H groups in total. The zero-order valence-electron chi connectivity index (χ0n) is 11.8. The van der Waals surface area contributed by atoms with E-state index in [-0.39, 0.29) is 0 Å². The molecule has 0 aromatic rings. The predicted octanol–water partition coefficient (Wildman–Crippen LogP) is 3.22. The zero-order valence-corrected chi connectivity index (χ0v) is 11.8. The number of nitrogens with one attached hydrogen (secondary N) is 1. The maximum atomic E-state index is 5.51. The van der Waals surface area contributed by atoms with Gasteiger partial charge in [-0.1, -0.05) is 26.7 Å². The Morgan fingerprint density at radius 1 is 1.12 bits per heavy atom. The second-order valence-corrected chi connectivity index (χ2v) is 6.61. The molecule has 1 heterocycles. The summed E-state index contributed by atoms with van der Waals surface area (Å²) in [6, 6.07) is 0.703. The number of hydrogen-bond acceptors (Lipinski definition) is 2. The van der Waals surface area contributed by atoms with Crippen LogP contribution in [0, 0.1) is 17.3 Å². The molecule has 17 heavy (non-hydrogen) atoms. The lowest BCUT2D eigenvalue weighted by atomic mass is 9.63. The molecular weight excluding hydrogens is 210 g/mol. The van der Waals surface area contributed by atoms with Crippen LogP contribution >= 0.6 is 0 Å². The SMILES string of the molecule is CNC(C1CCOCC1)C1CCCCC1(C)C. The van der Waals surface area contributed by atoms with Crippen molar-refractivity contribution in [3.05, 3.63) is 0 Å². The first kappa shape index (κ1) is 13.4. The average molecular weight is 239 g/mol. The lowest BCUT2D eigenvalue weighted by Gasteiger charge is -2.46. The largest absolute Gasteiger partial charge is 0.381 e. The van der Waals surface area contributed by atoms with Crippen LogP contribution in [0.2, 0.25) is 0 Å². The van der Waals surface area contributed by atoms with E-state index in [1.165, 1.54) is 38.5 Å². The van der Waals surface area contributed by atoms with Gasteiger partial charge in [-0.3, -0.25) is 0 Å². The standard InChI is InChI=1S/C15H29NO/c1-15(2)9-5-4-6-13(15)14(16-3)12-7-10-17-11-8-12/h12-14,16H,4-11H2,1-3H3. The molecule has 2 fully saturated rings. The fourth-order valence-corrected chi connectivity index (χ4v) is 4.03. The average Bonchev–Trinajstić information content (AvgIpc) is 2.33. The molecule has 2 unspecified atom stereocenters. The van der Waals surface area contributed by atoms with E-state index >= 15 is 0 Å². The van der Waals surface area contributed by atoms with Gasteiger partial charge in [0.05, 0.1) is 0 Å². The Morgan fingerprint density at radius 3 is 2.41 bits per heavy atom. The van der Waals surface area contributed by atoms with E-state index in [1.807, 2.05) is 0 Å². The maximum absolute atomic E-state index is 5.51. The van der Waals surface area contributed by atoms with Crippen molar-refractivity contribution < 1.29 is 4.74 Å². The Hall–Kier alpha value is -0.0800. The highest BCUT2D eigenvalue weighted by Gasteiger charge is 2.40. The molecule has 2 aliphatic rings. The fraction of sp³-hybridized carbons (Fsp3) is 1.00. The monoisotopic (exact) mass is 239 g/mol. The summed E-state index contributed by atoms with van der Waals surface area (Å²) in [6.45, 7) is 6.88. The van der Waals surface area contributed by atoms with Gasteiger partial charge in [0, 0.05) is 19.3 Å². The van der Waals surface area contributed by atoms with Gasteiger partial charge in [-0.25, -0.2) is 0 Å². The minimum absolute atomic E-state index is 0.518. The summed E-state index contributed by atoms with van der Waals surface area (Å²) in [6.07, 6.45) is 8.16. The van der Waals surface area contributed by atoms with E-state index in [9.17, 15) is 0 Å². The summed E-state index contributed by atoms with van der Waals surface area (Å²) >= 11 is 0. The summed E-state index contributed by atoms with van der Waals surface area (Å²) in [4.78, 5) is 0. The summed E-state index contributed by atoms with van der Waals surface area (Å²) in [7, 11) is 2.16. The van der Waals surface area contributed by atoms with Gasteiger partial charge >= 0.3 is 0 Å². The maximum Gasteiger partial charge on any atom is 0.0469 e. The molecule has 0 aromatic heterocycles. The van der Waals surface area contributed by atoms with Gasteiger partial charge in [-0.2, -0.15) is 0 Å². The third-order valence-electron chi connectivity index (χ3n) is 5.13. The van der Waals surface area contributed by atoms with Crippen molar-refractivity contribution in [3.8, 4) is 0 Å². The van der Waals surface area contributed by atoms with Gasteiger partial charge in [0.15, 0.2) is 0 Å². The third-order valence-corrected chi connectivity index (χ3v) is 5.13. The van der Waals surface area contributed by atoms with Crippen molar-refractivity contribution in [2.75, 3.05) is 20.3 Å².